The molecule has 0 spiro atoms. The Morgan fingerprint density at radius 3 is 2.54 bits per heavy atom. The van der Waals surface area contributed by atoms with Gasteiger partial charge in [-0.2, -0.15) is 5.10 Å². The van der Waals surface area contributed by atoms with Gasteiger partial charge in [-0.3, -0.25) is 0 Å². The average Bonchev–Trinajstić information content (AvgIpc) is 3.17. The van der Waals surface area contributed by atoms with E-state index in [2.05, 4.69) is 9.84 Å². The topological polar surface area (TPSA) is 79.7 Å². The van der Waals surface area contributed by atoms with Gasteiger partial charge in [0, 0.05) is 11.8 Å². The molecule has 0 unspecified atom stereocenters. The molecular weight excluding hydrogens is 367 g/mol. The highest BCUT2D eigenvalue weighted by molar-refractivity contribution is 5.97. The first-order chi connectivity index (χ1) is 13.5. The van der Waals surface area contributed by atoms with E-state index in [-0.39, 0.29) is 11.4 Å². The molecule has 0 radical (unpaired) electrons. The highest BCUT2D eigenvalue weighted by atomic mass is 19.1. The van der Waals surface area contributed by atoms with Gasteiger partial charge in [-0.05, 0) is 36.4 Å². The van der Waals surface area contributed by atoms with Crippen molar-refractivity contribution in [3.05, 3.63) is 66.1 Å². The summed E-state index contributed by atoms with van der Waals surface area (Å²) in [5.41, 5.74) is 1.64. The summed E-state index contributed by atoms with van der Waals surface area (Å²) < 4.78 is 29.4. The second kappa shape index (κ2) is 8.34. The monoisotopic (exact) mass is 384 g/mol. The van der Waals surface area contributed by atoms with Gasteiger partial charge in [0.05, 0.1) is 19.9 Å². The summed E-state index contributed by atoms with van der Waals surface area (Å²) >= 11 is 0. The van der Waals surface area contributed by atoms with E-state index in [1.807, 2.05) is 0 Å². The summed E-state index contributed by atoms with van der Waals surface area (Å²) in [6.07, 6.45) is 1.46. The van der Waals surface area contributed by atoms with E-state index in [0.717, 1.165) is 0 Å². The number of benzene rings is 2. The number of nitrogens with zero attached hydrogens (tertiary/aromatic N) is 2. The molecule has 1 aromatic heterocycles. The molecule has 3 aromatic rings. The van der Waals surface area contributed by atoms with Gasteiger partial charge in [-0.15, -0.1) is 0 Å². The van der Waals surface area contributed by atoms with Gasteiger partial charge in [-0.1, -0.05) is 12.1 Å². The zero-order chi connectivity index (χ0) is 20.1. The van der Waals surface area contributed by atoms with E-state index < -0.39 is 18.5 Å². The number of ether oxygens (including phenoxy) is 3. The first-order valence-corrected chi connectivity index (χ1v) is 8.26. The molecule has 0 aliphatic rings. The van der Waals surface area contributed by atoms with Crippen molar-refractivity contribution in [3.8, 4) is 22.7 Å². The second-order valence-electron chi connectivity index (χ2n) is 5.70. The number of hydrogen-bond donors (Lipinski definition) is 0. The number of esters is 2. The molecule has 0 fully saturated rings. The van der Waals surface area contributed by atoms with Crippen LogP contribution in [0.4, 0.5) is 4.39 Å². The Kier molecular flexibility index (Phi) is 5.69. The first kappa shape index (κ1) is 19.1. The van der Waals surface area contributed by atoms with Crippen molar-refractivity contribution in [2.24, 2.45) is 0 Å². The molecule has 1 heterocycles. The summed E-state index contributed by atoms with van der Waals surface area (Å²) in [6.45, 7) is -0.519. The normalized spacial score (nSPS) is 10.4. The Morgan fingerprint density at radius 1 is 1.11 bits per heavy atom. The van der Waals surface area contributed by atoms with Gasteiger partial charge in [-0.25, -0.2) is 18.7 Å². The Balaban J connectivity index is 2.03. The summed E-state index contributed by atoms with van der Waals surface area (Å²) in [5.74, 6) is -1.22. The summed E-state index contributed by atoms with van der Waals surface area (Å²) in [4.78, 5) is 23.8. The van der Waals surface area contributed by atoms with Gasteiger partial charge in [0.15, 0.2) is 6.61 Å². The van der Waals surface area contributed by atoms with E-state index >= 15 is 0 Å². The van der Waals surface area contributed by atoms with Crippen LogP contribution in [0.3, 0.4) is 0 Å². The predicted molar refractivity (Wildman–Crippen MR) is 97.8 cm³/mol. The van der Waals surface area contributed by atoms with E-state index in [1.54, 1.807) is 24.3 Å². The Labute approximate surface area is 160 Å². The van der Waals surface area contributed by atoms with Crippen molar-refractivity contribution in [3.63, 3.8) is 0 Å². The minimum Gasteiger partial charge on any atom is -0.497 e. The molecule has 3 rings (SSSR count). The number of hydrogen-bond acceptors (Lipinski definition) is 6. The van der Waals surface area contributed by atoms with E-state index in [1.165, 1.54) is 49.4 Å². The van der Waals surface area contributed by atoms with Crippen molar-refractivity contribution in [2.45, 2.75) is 0 Å². The molecule has 0 bridgehead atoms. The average molecular weight is 384 g/mol. The van der Waals surface area contributed by atoms with Crippen molar-refractivity contribution in [1.29, 1.82) is 0 Å². The highest BCUT2D eigenvalue weighted by Gasteiger charge is 2.21. The minimum absolute atomic E-state index is 0.140. The van der Waals surface area contributed by atoms with E-state index in [0.29, 0.717) is 22.7 Å². The van der Waals surface area contributed by atoms with Crippen molar-refractivity contribution >= 4 is 11.9 Å². The largest absolute Gasteiger partial charge is 0.497 e. The van der Waals surface area contributed by atoms with Gasteiger partial charge < -0.3 is 14.2 Å². The molecule has 144 valence electrons. The molecule has 0 saturated heterocycles. The van der Waals surface area contributed by atoms with Gasteiger partial charge in [0.1, 0.15) is 22.8 Å². The lowest BCUT2D eigenvalue weighted by Gasteiger charge is -2.05. The molecule has 0 atom stereocenters. The number of carbonyl (C=O) groups is 2. The van der Waals surface area contributed by atoms with Crippen LogP contribution in [0.15, 0.2) is 54.7 Å². The fourth-order valence-corrected chi connectivity index (χ4v) is 2.49. The summed E-state index contributed by atoms with van der Waals surface area (Å²) in [5, 5.41) is 4.45. The number of rotatable bonds is 6. The third-order valence-corrected chi connectivity index (χ3v) is 3.92. The van der Waals surface area contributed by atoms with Crippen molar-refractivity contribution in [2.75, 3.05) is 20.8 Å². The molecule has 0 aliphatic carbocycles. The Hall–Kier alpha value is -3.68. The molecule has 28 heavy (non-hydrogen) atoms. The minimum atomic E-state index is -0.739. The lowest BCUT2D eigenvalue weighted by Crippen LogP contribution is -2.15. The van der Waals surface area contributed by atoms with Crippen LogP contribution in [-0.4, -0.2) is 42.5 Å². The molecule has 8 heteroatoms. The van der Waals surface area contributed by atoms with Gasteiger partial charge in [0.25, 0.3) is 0 Å². The third-order valence-electron chi connectivity index (χ3n) is 3.92. The van der Waals surface area contributed by atoms with Crippen LogP contribution in [0.25, 0.3) is 16.9 Å². The maximum Gasteiger partial charge on any atom is 0.344 e. The fraction of sp³-hybridized carbons (Fsp3) is 0.150. The van der Waals surface area contributed by atoms with Gasteiger partial charge >= 0.3 is 11.9 Å². The van der Waals surface area contributed by atoms with Gasteiger partial charge in [0.2, 0.25) is 0 Å². The van der Waals surface area contributed by atoms with Crippen LogP contribution in [0.2, 0.25) is 0 Å². The Morgan fingerprint density at radius 2 is 1.86 bits per heavy atom. The number of carbonyl (C=O) groups excluding carboxylic acids is 2. The molecule has 0 saturated carbocycles. The van der Waals surface area contributed by atoms with Crippen LogP contribution < -0.4 is 4.74 Å². The van der Waals surface area contributed by atoms with Crippen LogP contribution in [0.1, 0.15) is 10.4 Å². The fourth-order valence-electron chi connectivity index (χ4n) is 2.49. The lowest BCUT2D eigenvalue weighted by atomic mass is 10.1. The summed E-state index contributed by atoms with van der Waals surface area (Å²) in [7, 11) is 2.73. The zero-order valence-electron chi connectivity index (χ0n) is 15.2. The van der Waals surface area contributed by atoms with E-state index in [4.69, 9.17) is 9.47 Å². The smallest absolute Gasteiger partial charge is 0.344 e. The van der Waals surface area contributed by atoms with E-state index in [9.17, 15) is 14.0 Å². The SMILES string of the molecule is COC(=O)COC(=O)c1cn(-c2ccc(F)cc2)nc1-c1cccc(OC)c1. The second-order valence-corrected chi connectivity index (χ2v) is 5.70. The number of halogens is 1. The van der Waals surface area contributed by atoms with Crippen LogP contribution >= 0.6 is 0 Å². The van der Waals surface area contributed by atoms with Crippen LogP contribution in [-0.2, 0) is 14.3 Å². The standard InChI is InChI=1S/C20H17FN2O5/c1-26-16-5-3-4-13(10-16)19-17(20(25)28-12-18(24)27-2)11-23(22-19)15-8-6-14(21)7-9-15/h3-11H,12H2,1-2H3. The van der Waals surface area contributed by atoms with Crippen LogP contribution in [0, 0.1) is 5.82 Å². The first-order valence-electron chi connectivity index (χ1n) is 8.26. The zero-order valence-corrected chi connectivity index (χ0v) is 15.2. The molecular formula is C20H17FN2O5. The third kappa shape index (κ3) is 4.17. The van der Waals surface area contributed by atoms with Crippen LogP contribution in [0.5, 0.6) is 5.75 Å². The molecule has 0 N–H and O–H groups in total. The quantitative estimate of drug-likeness (QED) is 0.608. The van der Waals surface area contributed by atoms with Crippen molar-refractivity contribution < 1.29 is 28.2 Å². The summed E-state index contributed by atoms with van der Waals surface area (Å²) in [6, 6.07) is 12.6. The highest BCUT2D eigenvalue weighted by Crippen LogP contribution is 2.27. The predicted octanol–water partition coefficient (Wildman–Crippen LogP) is 3.02. The lowest BCUT2D eigenvalue weighted by molar-refractivity contribution is -0.144. The molecule has 0 amide bonds. The molecule has 2 aromatic carbocycles. The Bertz CT molecular complexity index is 998. The molecule has 0 aliphatic heterocycles. The maximum absolute atomic E-state index is 13.2. The van der Waals surface area contributed by atoms with Crippen molar-refractivity contribution in [1.82, 2.24) is 9.78 Å². The number of aromatic nitrogens is 2. The molecule has 7 nitrogen and oxygen atoms in total. The number of methoxy groups -OCH3 is 2. The maximum atomic E-state index is 13.2.